The molecule has 1 atom stereocenters. The molecule has 0 radical (unpaired) electrons. The van der Waals surface area contributed by atoms with E-state index in [1.807, 2.05) is 0 Å². The van der Waals surface area contributed by atoms with Gasteiger partial charge in [0.1, 0.15) is 0 Å². The summed E-state index contributed by atoms with van der Waals surface area (Å²) in [7, 11) is 4.88. The highest BCUT2D eigenvalue weighted by Gasteiger charge is 2.18. The second-order valence-electron chi connectivity index (χ2n) is 9.98. The summed E-state index contributed by atoms with van der Waals surface area (Å²) < 4.78 is 1.23. The van der Waals surface area contributed by atoms with E-state index in [-0.39, 0.29) is 0 Å². The Morgan fingerprint density at radius 2 is 1.15 bits per heavy atom. The van der Waals surface area contributed by atoms with E-state index >= 15 is 0 Å². The number of nitrogens with zero attached hydrogens (tertiary/aromatic N) is 1. The lowest BCUT2D eigenvalue weighted by Gasteiger charge is -2.30. The van der Waals surface area contributed by atoms with Gasteiger partial charge in [-0.3, -0.25) is 0 Å². The molecule has 1 saturated heterocycles. The van der Waals surface area contributed by atoms with E-state index in [4.69, 9.17) is 0 Å². The van der Waals surface area contributed by atoms with Gasteiger partial charge in [0.05, 0.1) is 27.2 Å². The third-order valence-corrected chi connectivity index (χ3v) is 6.66. The van der Waals surface area contributed by atoms with Gasteiger partial charge in [-0.05, 0) is 51.1 Å². The summed E-state index contributed by atoms with van der Waals surface area (Å²) in [5.41, 5.74) is 0. The Hall–Kier alpha value is -0.0800. The van der Waals surface area contributed by atoms with Crippen LogP contribution in [0.3, 0.4) is 0 Å². The van der Waals surface area contributed by atoms with Crippen LogP contribution in [0, 0.1) is 5.92 Å². The number of hydrogen-bond donors (Lipinski definition) is 1. The smallest absolute Gasteiger partial charge is 0.0782 e. The first-order chi connectivity index (χ1) is 13.1. The molecule has 27 heavy (non-hydrogen) atoms. The fourth-order valence-corrected chi connectivity index (χ4v) is 4.62. The van der Waals surface area contributed by atoms with Crippen LogP contribution in [-0.2, 0) is 0 Å². The first kappa shape index (κ1) is 25.0. The third kappa shape index (κ3) is 15.5. The molecule has 0 aliphatic carbocycles. The first-order valence-electron chi connectivity index (χ1n) is 12.7. The van der Waals surface area contributed by atoms with Crippen LogP contribution in [0.1, 0.15) is 116 Å². The molecule has 1 aliphatic rings. The highest BCUT2D eigenvalue weighted by molar-refractivity contribution is 4.70. The van der Waals surface area contributed by atoms with E-state index < -0.39 is 0 Å². The molecule has 0 spiro atoms. The van der Waals surface area contributed by atoms with Crippen molar-refractivity contribution in [2.45, 2.75) is 116 Å². The minimum Gasteiger partial charge on any atom is -0.328 e. The van der Waals surface area contributed by atoms with Gasteiger partial charge >= 0.3 is 0 Å². The predicted molar refractivity (Wildman–Crippen MR) is 122 cm³/mol. The van der Waals surface area contributed by atoms with Gasteiger partial charge in [0.15, 0.2) is 0 Å². The van der Waals surface area contributed by atoms with Crippen LogP contribution in [-0.4, -0.2) is 44.8 Å². The summed E-state index contributed by atoms with van der Waals surface area (Å²) in [5.74, 6) is 0.964. The van der Waals surface area contributed by atoms with E-state index in [2.05, 4.69) is 26.3 Å². The average molecular weight is 382 g/mol. The van der Waals surface area contributed by atoms with E-state index in [0.29, 0.717) is 0 Å². The topological polar surface area (TPSA) is 12.0 Å². The van der Waals surface area contributed by atoms with Crippen LogP contribution >= 0.6 is 0 Å². The second kappa shape index (κ2) is 16.8. The molecule has 0 aromatic rings. The fourth-order valence-electron chi connectivity index (χ4n) is 4.62. The highest BCUT2D eigenvalue weighted by Crippen LogP contribution is 2.17. The van der Waals surface area contributed by atoms with E-state index in [1.54, 1.807) is 0 Å². The van der Waals surface area contributed by atoms with Crippen LogP contribution in [0.4, 0.5) is 0 Å². The molecule has 0 aromatic carbocycles. The molecule has 0 aromatic heterocycles. The van der Waals surface area contributed by atoms with E-state index in [0.717, 1.165) is 5.92 Å². The van der Waals surface area contributed by atoms with Gasteiger partial charge in [0.25, 0.3) is 0 Å². The normalized spacial score (nSPS) is 17.7. The Morgan fingerprint density at radius 3 is 1.63 bits per heavy atom. The number of unbranched alkanes of at least 4 members (excludes halogenated alkanes) is 13. The van der Waals surface area contributed by atoms with Crippen molar-refractivity contribution in [3.63, 3.8) is 0 Å². The average Bonchev–Trinajstić information content (AvgIpc) is 3.15. The van der Waals surface area contributed by atoms with Crippen molar-refractivity contribution in [1.29, 1.82) is 0 Å². The summed E-state index contributed by atoms with van der Waals surface area (Å²) in [6, 6.07) is 0. The molecule has 0 bridgehead atoms. The lowest BCUT2D eigenvalue weighted by Crippen LogP contribution is -2.41. The maximum atomic E-state index is 3.50. The SMILES string of the molecule is CCCCCCCCCCCCCCCC[N+](C)(C)CCCC1CCNC1. The standard InChI is InChI=1S/C25H53N2/c1-4-5-6-7-8-9-10-11-12-13-14-15-16-17-22-27(2,3)23-18-19-25-20-21-26-24-25/h25-26H,4-24H2,1-3H3/q+1. The molecule has 1 heterocycles. The fraction of sp³-hybridized carbons (Fsp3) is 1.00. The van der Waals surface area contributed by atoms with Crippen molar-refractivity contribution >= 4 is 0 Å². The molecule has 2 heteroatoms. The minimum absolute atomic E-state index is 0.964. The first-order valence-corrected chi connectivity index (χ1v) is 12.7. The number of nitrogens with one attached hydrogen (secondary N) is 1. The largest absolute Gasteiger partial charge is 0.328 e. The van der Waals surface area contributed by atoms with Gasteiger partial charge in [0, 0.05) is 0 Å². The molecule has 1 aliphatic heterocycles. The van der Waals surface area contributed by atoms with Crippen molar-refractivity contribution < 1.29 is 4.48 Å². The van der Waals surface area contributed by atoms with Gasteiger partial charge in [-0.25, -0.2) is 0 Å². The molecule has 162 valence electrons. The molecule has 2 nitrogen and oxygen atoms in total. The molecule has 1 unspecified atom stereocenters. The molecule has 0 saturated carbocycles. The molecule has 1 fully saturated rings. The summed E-state index contributed by atoms with van der Waals surface area (Å²) in [5, 5.41) is 3.50. The van der Waals surface area contributed by atoms with Crippen molar-refractivity contribution in [3.05, 3.63) is 0 Å². The Labute approximate surface area is 172 Å². The quantitative estimate of drug-likeness (QED) is 0.189. The Bertz CT molecular complexity index is 307. The number of quaternary nitrogens is 1. The monoisotopic (exact) mass is 381 g/mol. The zero-order valence-corrected chi connectivity index (χ0v) is 19.4. The highest BCUT2D eigenvalue weighted by atomic mass is 15.3. The third-order valence-electron chi connectivity index (χ3n) is 6.66. The molecule has 1 rings (SSSR count). The van der Waals surface area contributed by atoms with Crippen LogP contribution in [0.25, 0.3) is 0 Å². The Kier molecular flexibility index (Phi) is 15.6. The molecule has 0 amide bonds. The van der Waals surface area contributed by atoms with Crippen LogP contribution in [0.15, 0.2) is 0 Å². The lowest BCUT2D eigenvalue weighted by atomic mass is 10.0. The zero-order valence-electron chi connectivity index (χ0n) is 19.4. The lowest BCUT2D eigenvalue weighted by molar-refractivity contribution is -0.890. The number of rotatable bonds is 19. The summed E-state index contributed by atoms with van der Waals surface area (Å²) >= 11 is 0. The van der Waals surface area contributed by atoms with Crippen LogP contribution in [0.2, 0.25) is 0 Å². The van der Waals surface area contributed by atoms with Crippen molar-refractivity contribution in [2.75, 3.05) is 40.3 Å². The van der Waals surface area contributed by atoms with Crippen molar-refractivity contribution in [3.8, 4) is 0 Å². The van der Waals surface area contributed by atoms with Gasteiger partial charge in [-0.1, -0.05) is 84.0 Å². The van der Waals surface area contributed by atoms with Gasteiger partial charge < -0.3 is 9.80 Å². The van der Waals surface area contributed by atoms with Crippen LogP contribution < -0.4 is 5.32 Å². The van der Waals surface area contributed by atoms with Crippen molar-refractivity contribution in [1.82, 2.24) is 5.32 Å². The maximum absolute atomic E-state index is 3.50. The maximum Gasteiger partial charge on any atom is 0.0782 e. The molecule has 1 N–H and O–H groups in total. The Balaban J connectivity index is 1.79. The predicted octanol–water partition coefficient (Wildman–Crippen LogP) is 6.93. The van der Waals surface area contributed by atoms with Gasteiger partial charge in [-0.2, -0.15) is 0 Å². The summed E-state index contributed by atoms with van der Waals surface area (Å²) in [6.45, 7) is 7.57. The van der Waals surface area contributed by atoms with E-state index in [9.17, 15) is 0 Å². The van der Waals surface area contributed by atoms with Gasteiger partial charge in [0.2, 0.25) is 0 Å². The number of hydrogen-bond acceptors (Lipinski definition) is 1. The summed E-state index contributed by atoms with van der Waals surface area (Å²) in [4.78, 5) is 0. The van der Waals surface area contributed by atoms with Crippen LogP contribution in [0.5, 0.6) is 0 Å². The Morgan fingerprint density at radius 1 is 0.667 bits per heavy atom. The molecular weight excluding hydrogens is 328 g/mol. The van der Waals surface area contributed by atoms with E-state index in [1.165, 1.54) is 140 Å². The summed E-state index contributed by atoms with van der Waals surface area (Å²) in [6.07, 6.45) is 24.7. The molecular formula is C25H53N2+. The zero-order chi connectivity index (χ0) is 19.6. The van der Waals surface area contributed by atoms with Crippen molar-refractivity contribution in [2.24, 2.45) is 5.92 Å². The second-order valence-corrected chi connectivity index (χ2v) is 9.98. The minimum atomic E-state index is 0.964. The van der Waals surface area contributed by atoms with Gasteiger partial charge in [-0.15, -0.1) is 0 Å².